The number of sulfonamides is 1. The summed E-state index contributed by atoms with van der Waals surface area (Å²) >= 11 is 0. The topological polar surface area (TPSA) is 76.3 Å². The van der Waals surface area contributed by atoms with Crippen molar-refractivity contribution < 1.29 is 8.42 Å². The molecule has 2 heterocycles. The number of fused-ring (bicyclic) bond motifs is 1. The Morgan fingerprint density at radius 2 is 2.00 bits per heavy atom. The molecule has 2 N–H and O–H groups in total. The van der Waals surface area contributed by atoms with Crippen molar-refractivity contribution in [3.63, 3.8) is 0 Å². The summed E-state index contributed by atoms with van der Waals surface area (Å²) in [5.41, 5.74) is 5.79. The SMILES string of the molecule is CC(C)C1(N)CN(S(=O)(=O)c2cccc3cnccc23)C1. The lowest BCUT2D eigenvalue weighted by molar-refractivity contribution is 0.110. The van der Waals surface area contributed by atoms with Crippen molar-refractivity contribution in [2.75, 3.05) is 13.1 Å². The zero-order chi connectivity index (χ0) is 15.3. The Morgan fingerprint density at radius 3 is 2.67 bits per heavy atom. The molecule has 6 heteroatoms. The summed E-state index contributed by atoms with van der Waals surface area (Å²) in [5.74, 6) is 0.251. The van der Waals surface area contributed by atoms with E-state index in [1.165, 1.54) is 4.31 Å². The van der Waals surface area contributed by atoms with Gasteiger partial charge in [-0.1, -0.05) is 26.0 Å². The molecule has 0 unspecified atom stereocenters. The average molecular weight is 305 g/mol. The van der Waals surface area contributed by atoms with Gasteiger partial charge in [-0.3, -0.25) is 4.98 Å². The monoisotopic (exact) mass is 305 g/mol. The highest BCUT2D eigenvalue weighted by Crippen LogP contribution is 2.33. The highest BCUT2D eigenvalue weighted by molar-refractivity contribution is 7.89. The van der Waals surface area contributed by atoms with Crippen LogP contribution in [-0.4, -0.2) is 36.3 Å². The van der Waals surface area contributed by atoms with Crippen LogP contribution >= 0.6 is 0 Å². The second-order valence-electron chi connectivity index (χ2n) is 6.01. The quantitative estimate of drug-likeness (QED) is 0.934. The van der Waals surface area contributed by atoms with E-state index in [-0.39, 0.29) is 5.92 Å². The molecular weight excluding hydrogens is 286 g/mol. The molecule has 1 aromatic carbocycles. The van der Waals surface area contributed by atoms with Gasteiger partial charge < -0.3 is 5.73 Å². The molecule has 1 aliphatic heterocycles. The van der Waals surface area contributed by atoms with Crippen molar-refractivity contribution in [2.45, 2.75) is 24.3 Å². The molecule has 112 valence electrons. The number of aromatic nitrogens is 1. The van der Waals surface area contributed by atoms with Crippen molar-refractivity contribution in [1.82, 2.24) is 9.29 Å². The standard InChI is InChI=1S/C15H19N3O2S/c1-11(2)15(16)9-18(10-15)21(19,20)14-5-3-4-12-8-17-7-6-13(12)14/h3-8,11H,9-10,16H2,1-2H3. The Bertz CT molecular complexity index is 775. The maximum absolute atomic E-state index is 12.8. The number of nitrogens with two attached hydrogens (primary N) is 1. The second-order valence-corrected chi connectivity index (χ2v) is 7.92. The van der Waals surface area contributed by atoms with Gasteiger partial charge in [-0.05, 0) is 18.1 Å². The molecular formula is C15H19N3O2S. The maximum atomic E-state index is 12.8. The van der Waals surface area contributed by atoms with E-state index in [1.807, 2.05) is 19.9 Å². The zero-order valence-corrected chi connectivity index (χ0v) is 13.0. The predicted octanol–water partition coefficient (Wildman–Crippen LogP) is 1.59. The highest BCUT2D eigenvalue weighted by atomic mass is 32.2. The lowest BCUT2D eigenvalue weighted by Gasteiger charge is -2.49. The van der Waals surface area contributed by atoms with Gasteiger partial charge in [0.2, 0.25) is 10.0 Å². The van der Waals surface area contributed by atoms with Crippen LogP contribution in [0.1, 0.15) is 13.8 Å². The largest absolute Gasteiger partial charge is 0.323 e. The Morgan fingerprint density at radius 1 is 1.29 bits per heavy atom. The summed E-state index contributed by atoms with van der Waals surface area (Å²) in [4.78, 5) is 4.36. The van der Waals surface area contributed by atoms with Gasteiger partial charge >= 0.3 is 0 Å². The average Bonchev–Trinajstić information content (AvgIpc) is 2.42. The normalized spacial score (nSPS) is 18.9. The van der Waals surface area contributed by atoms with Crippen LogP contribution in [0, 0.1) is 5.92 Å². The molecule has 0 bridgehead atoms. The van der Waals surface area contributed by atoms with E-state index in [9.17, 15) is 8.42 Å². The minimum absolute atomic E-state index is 0.251. The summed E-state index contributed by atoms with van der Waals surface area (Å²) in [6.07, 6.45) is 3.28. The van der Waals surface area contributed by atoms with E-state index < -0.39 is 15.6 Å². The van der Waals surface area contributed by atoms with Gasteiger partial charge in [0.05, 0.1) is 4.90 Å². The molecule has 1 fully saturated rings. The van der Waals surface area contributed by atoms with E-state index in [1.54, 1.807) is 30.6 Å². The number of rotatable bonds is 3. The molecule has 1 aromatic heterocycles. The third kappa shape index (κ3) is 2.23. The summed E-state index contributed by atoms with van der Waals surface area (Å²) in [5, 5.41) is 1.52. The number of pyridine rings is 1. The van der Waals surface area contributed by atoms with Crippen molar-refractivity contribution >= 4 is 20.8 Å². The first-order valence-corrected chi connectivity index (χ1v) is 8.40. The number of hydrogen-bond acceptors (Lipinski definition) is 4. The third-order valence-electron chi connectivity index (χ3n) is 4.35. The van der Waals surface area contributed by atoms with E-state index in [0.29, 0.717) is 23.4 Å². The molecule has 0 atom stereocenters. The third-order valence-corrected chi connectivity index (χ3v) is 6.20. The summed E-state index contributed by atoms with van der Waals surface area (Å²) in [7, 11) is -3.51. The smallest absolute Gasteiger partial charge is 0.243 e. The Balaban J connectivity index is 2.00. The molecule has 0 aliphatic carbocycles. The Hall–Kier alpha value is -1.50. The lowest BCUT2D eigenvalue weighted by Crippen LogP contribution is -2.70. The van der Waals surface area contributed by atoms with Gasteiger partial charge in [-0.2, -0.15) is 4.31 Å². The summed E-state index contributed by atoms with van der Waals surface area (Å²) in [6.45, 7) is 4.78. The van der Waals surface area contributed by atoms with Crippen molar-refractivity contribution in [2.24, 2.45) is 11.7 Å². The van der Waals surface area contributed by atoms with Crippen molar-refractivity contribution in [3.8, 4) is 0 Å². The van der Waals surface area contributed by atoms with Crippen LogP contribution in [-0.2, 0) is 10.0 Å². The fraction of sp³-hybridized carbons (Fsp3) is 0.400. The van der Waals surface area contributed by atoms with Crippen LogP contribution in [0.3, 0.4) is 0 Å². The van der Waals surface area contributed by atoms with Gasteiger partial charge in [0.25, 0.3) is 0 Å². The maximum Gasteiger partial charge on any atom is 0.243 e. The van der Waals surface area contributed by atoms with Gasteiger partial charge in [0, 0.05) is 41.8 Å². The van der Waals surface area contributed by atoms with Gasteiger partial charge in [-0.25, -0.2) is 8.42 Å². The summed E-state index contributed by atoms with van der Waals surface area (Å²) in [6, 6.07) is 6.98. The first-order valence-electron chi connectivity index (χ1n) is 6.96. The molecule has 21 heavy (non-hydrogen) atoms. The molecule has 2 aromatic rings. The lowest BCUT2D eigenvalue weighted by atomic mass is 9.82. The van der Waals surface area contributed by atoms with E-state index in [4.69, 9.17) is 5.73 Å². The van der Waals surface area contributed by atoms with Gasteiger partial charge in [0.1, 0.15) is 0 Å². The molecule has 1 aliphatic rings. The number of hydrogen-bond donors (Lipinski definition) is 1. The Labute approximate surface area is 124 Å². The van der Waals surface area contributed by atoms with Crippen LogP contribution in [0.5, 0.6) is 0 Å². The first kappa shape index (κ1) is 14.4. The molecule has 5 nitrogen and oxygen atoms in total. The molecule has 0 saturated carbocycles. The fourth-order valence-electron chi connectivity index (χ4n) is 2.60. The van der Waals surface area contributed by atoms with Crippen molar-refractivity contribution in [1.29, 1.82) is 0 Å². The van der Waals surface area contributed by atoms with Crippen molar-refractivity contribution in [3.05, 3.63) is 36.7 Å². The number of benzene rings is 1. The van der Waals surface area contributed by atoms with Crippen LogP contribution in [0.4, 0.5) is 0 Å². The fourth-order valence-corrected chi connectivity index (χ4v) is 4.42. The highest BCUT2D eigenvalue weighted by Gasteiger charge is 2.47. The number of nitrogens with zero attached hydrogens (tertiary/aromatic N) is 2. The first-order chi connectivity index (χ1) is 9.84. The van der Waals surface area contributed by atoms with E-state index in [0.717, 1.165) is 5.39 Å². The van der Waals surface area contributed by atoms with Crippen LogP contribution in [0.25, 0.3) is 10.8 Å². The molecule has 0 spiro atoms. The minimum Gasteiger partial charge on any atom is -0.323 e. The van der Waals surface area contributed by atoms with E-state index >= 15 is 0 Å². The predicted molar refractivity (Wildman–Crippen MR) is 82.3 cm³/mol. The summed E-state index contributed by atoms with van der Waals surface area (Å²) < 4.78 is 27.0. The molecule has 1 saturated heterocycles. The molecule has 0 amide bonds. The molecule has 0 radical (unpaired) electrons. The zero-order valence-electron chi connectivity index (χ0n) is 12.2. The van der Waals surface area contributed by atoms with Gasteiger partial charge in [-0.15, -0.1) is 0 Å². The minimum atomic E-state index is -3.51. The van der Waals surface area contributed by atoms with Crippen LogP contribution in [0.2, 0.25) is 0 Å². The second kappa shape index (κ2) is 4.76. The Kier molecular flexibility index (Phi) is 3.27. The van der Waals surface area contributed by atoms with Crippen LogP contribution in [0.15, 0.2) is 41.6 Å². The van der Waals surface area contributed by atoms with E-state index in [2.05, 4.69) is 4.98 Å². The molecule has 3 rings (SSSR count). The van der Waals surface area contributed by atoms with Crippen LogP contribution < -0.4 is 5.73 Å². The van der Waals surface area contributed by atoms with Gasteiger partial charge in [0.15, 0.2) is 0 Å².